The van der Waals surface area contributed by atoms with Gasteiger partial charge in [0.05, 0.1) is 0 Å². The third-order valence-corrected chi connectivity index (χ3v) is 3.05. The van der Waals surface area contributed by atoms with Gasteiger partial charge in [-0.2, -0.15) is 0 Å². The van der Waals surface area contributed by atoms with Crippen molar-refractivity contribution in [3.8, 4) is 0 Å². The predicted octanol–water partition coefficient (Wildman–Crippen LogP) is 1.60. The van der Waals surface area contributed by atoms with Gasteiger partial charge < -0.3 is 5.73 Å². The van der Waals surface area contributed by atoms with Crippen molar-refractivity contribution in [2.75, 3.05) is 13.1 Å². The third kappa shape index (κ3) is 2.20. The molecule has 0 saturated carbocycles. The predicted molar refractivity (Wildman–Crippen MR) is 53.2 cm³/mol. The molecule has 0 aromatic heterocycles. The number of rotatable bonds is 3. The van der Waals surface area contributed by atoms with Gasteiger partial charge in [-0.15, -0.1) is 0 Å². The van der Waals surface area contributed by atoms with Crippen LogP contribution >= 0.6 is 0 Å². The van der Waals surface area contributed by atoms with Crippen molar-refractivity contribution in [1.82, 2.24) is 4.90 Å². The maximum absolute atomic E-state index is 5.93. The summed E-state index contributed by atoms with van der Waals surface area (Å²) in [6.45, 7) is 9.11. The van der Waals surface area contributed by atoms with Gasteiger partial charge in [0.1, 0.15) is 0 Å². The summed E-state index contributed by atoms with van der Waals surface area (Å²) in [5.41, 5.74) is 6.33. The van der Waals surface area contributed by atoms with E-state index in [1.54, 1.807) is 0 Å². The summed E-state index contributed by atoms with van der Waals surface area (Å²) in [6.07, 6.45) is 3.75. The van der Waals surface area contributed by atoms with Crippen LogP contribution in [0.1, 0.15) is 40.0 Å². The quantitative estimate of drug-likeness (QED) is 0.697. The molecule has 0 aliphatic carbocycles. The van der Waals surface area contributed by atoms with E-state index < -0.39 is 0 Å². The van der Waals surface area contributed by atoms with Crippen molar-refractivity contribution in [3.05, 3.63) is 0 Å². The third-order valence-electron chi connectivity index (χ3n) is 3.05. The molecule has 1 fully saturated rings. The van der Waals surface area contributed by atoms with E-state index in [1.165, 1.54) is 19.4 Å². The molecule has 1 atom stereocenters. The van der Waals surface area contributed by atoms with Gasteiger partial charge in [-0.3, -0.25) is 4.90 Å². The fraction of sp³-hybridized carbons (Fsp3) is 1.00. The smallest absolute Gasteiger partial charge is 0.0165 e. The second-order valence-electron chi connectivity index (χ2n) is 4.53. The Bertz CT molecular complexity index is 143. The van der Waals surface area contributed by atoms with Gasteiger partial charge in [0.2, 0.25) is 0 Å². The molecule has 12 heavy (non-hydrogen) atoms. The normalized spacial score (nSPS) is 26.0. The van der Waals surface area contributed by atoms with Crippen LogP contribution in [-0.2, 0) is 0 Å². The standard InChI is InChI=1S/C10H22N2/c1-4-9(11)8-12-7-5-6-10(12,2)3/h9H,4-8,11H2,1-3H3. The average molecular weight is 170 g/mol. The minimum Gasteiger partial charge on any atom is -0.327 e. The lowest BCUT2D eigenvalue weighted by molar-refractivity contribution is 0.163. The van der Waals surface area contributed by atoms with Crippen molar-refractivity contribution in [3.63, 3.8) is 0 Å². The van der Waals surface area contributed by atoms with Crippen LogP contribution in [-0.4, -0.2) is 29.6 Å². The zero-order valence-corrected chi connectivity index (χ0v) is 8.64. The molecule has 0 aromatic rings. The first-order chi connectivity index (χ1) is 5.56. The molecule has 0 radical (unpaired) electrons. The molecule has 0 bridgehead atoms. The number of nitrogens with zero attached hydrogens (tertiary/aromatic N) is 1. The summed E-state index contributed by atoms with van der Waals surface area (Å²) >= 11 is 0. The minimum atomic E-state index is 0.363. The Morgan fingerprint density at radius 3 is 2.58 bits per heavy atom. The highest BCUT2D eigenvalue weighted by atomic mass is 15.2. The molecule has 1 aliphatic heterocycles. The monoisotopic (exact) mass is 170 g/mol. The van der Waals surface area contributed by atoms with Crippen LogP contribution < -0.4 is 5.73 Å². The number of likely N-dealkylation sites (tertiary alicyclic amines) is 1. The Kier molecular flexibility index (Phi) is 3.13. The van der Waals surface area contributed by atoms with Crippen LogP contribution in [0.25, 0.3) is 0 Å². The summed E-state index contributed by atoms with van der Waals surface area (Å²) in [7, 11) is 0. The first-order valence-electron chi connectivity index (χ1n) is 5.07. The van der Waals surface area contributed by atoms with Crippen LogP contribution in [0.4, 0.5) is 0 Å². The molecule has 72 valence electrons. The van der Waals surface area contributed by atoms with Gasteiger partial charge >= 0.3 is 0 Å². The van der Waals surface area contributed by atoms with Crippen LogP contribution in [0.3, 0.4) is 0 Å². The van der Waals surface area contributed by atoms with Crippen LogP contribution in [0.5, 0.6) is 0 Å². The number of nitrogens with two attached hydrogens (primary N) is 1. The molecular weight excluding hydrogens is 148 g/mol. The van der Waals surface area contributed by atoms with E-state index in [0.29, 0.717) is 11.6 Å². The van der Waals surface area contributed by atoms with Crippen molar-refractivity contribution < 1.29 is 0 Å². The Morgan fingerprint density at radius 1 is 1.50 bits per heavy atom. The Morgan fingerprint density at radius 2 is 2.17 bits per heavy atom. The molecule has 0 amide bonds. The van der Waals surface area contributed by atoms with E-state index in [1.807, 2.05) is 0 Å². The van der Waals surface area contributed by atoms with Crippen LogP contribution in [0, 0.1) is 0 Å². The van der Waals surface area contributed by atoms with Crippen molar-refractivity contribution in [1.29, 1.82) is 0 Å². The van der Waals surface area contributed by atoms with Crippen LogP contribution in [0.2, 0.25) is 0 Å². The summed E-state index contributed by atoms with van der Waals surface area (Å²) in [4.78, 5) is 2.53. The van der Waals surface area contributed by atoms with Crippen molar-refractivity contribution in [2.45, 2.75) is 51.6 Å². The lowest BCUT2D eigenvalue weighted by Gasteiger charge is -2.33. The summed E-state index contributed by atoms with van der Waals surface area (Å²) in [5, 5.41) is 0. The van der Waals surface area contributed by atoms with Crippen molar-refractivity contribution >= 4 is 0 Å². The van der Waals surface area contributed by atoms with E-state index >= 15 is 0 Å². The van der Waals surface area contributed by atoms with Crippen molar-refractivity contribution in [2.24, 2.45) is 5.73 Å². The first kappa shape index (κ1) is 10.0. The molecule has 1 unspecified atom stereocenters. The SMILES string of the molecule is CCC(N)CN1CCCC1(C)C. The minimum absolute atomic E-state index is 0.363. The molecule has 0 aromatic carbocycles. The van der Waals surface area contributed by atoms with E-state index in [4.69, 9.17) is 5.73 Å². The first-order valence-corrected chi connectivity index (χ1v) is 5.07. The maximum atomic E-state index is 5.93. The fourth-order valence-electron chi connectivity index (χ4n) is 1.91. The second-order valence-corrected chi connectivity index (χ2v) is 4.53. The Balaban J connectivity index is 2.41. The van der Waals surface area contributed by atoms with E-state index in [-0.39, 0.29) is 0 Å². The van der Waals surface area contributed by atoms with Gasteiger partial charge in [-0.05, 0) is 39.7 Å². The van der Waals surface area contributed by atoms with Gasteiger partial charge in [0.25, 0.3) is 0 Å². The highest BCUT2D eigenvalue weighted by Gasteiger charge is 2.31. The molecular formula is C10H22N2. The highest BCUT2D eigenvalue weighted by Crippen LogP contribution is 2.27. The molecule has 0 spiro atoms. The number of hydrogen-bond acceptors (Lipinski definition) is 2. The summed E-state index contributed by atoms with van der Waals surface area (Å²) < 4.78 is 0. The molecule has 1 rings (SSSR count). The lowest BCUT2D eigenvalue weighted by atomic mass is 10.0. The molecule has 1 saturated heterocycles. The van der Waals surface area contributed by atoms with Gasteiger partial charge in [0.15, 0.2) is 0 Å². The molecule has 2 nitrogen and oxygen atoms in total. The topological polar surface area (TPSA) is 29.3 Å². The summed E-state index contributed by atoms with van der Waals surface area (Å²) in [5.74, 6) is 0. The second kappa shape index (κ2) is 3.75. The molecule has 1 heterocycles. The number of hydrogen-bond donors (Lipinski definition) is 1. The lowest BCUT2D eigenvalue weighted by Crippen LogP contribution is -2.45. The summed E-state index contributed by atoms with van der Waals surface area (Å²) in [6, 6.07) is 0.363. The van der Waals surface area contributed by atoms with E-state index in [9.17, 15) is 0 Å². The van der Waals surface area contributed by atoms with Gasteiger partial charge in [-0.25, -0.2) is 0 Å². The van der Waals surface area contributed by atoms with Gasteiger partial charge in [-0.1, -0.05) is 6.92 Å². The highest BCUT2D eigenvalue weighted by molar-refractivity contribution is 4.89. The Labute approximate surface area is 76.1 Å². The fourth-order valence-corrected chi connectivity index (χ4v) is 1.91. The molecule has 2 N–H and O–H groups in total. The van der Waals surface area contributed by atoms with E-state index in [0.717, 1.165) is 13.0 Å². The maximum Gasteiger partial charge on any atom is 0.0165 e. The Hall–Kier alpha value is -0.0800. The zero-order chi connectivity index (χ0) is 9.19. The van der Waals surface area contributed by atoms with Gasteiger partial charge in [0, 0.05) is 18.1 Å². The van der Waals surface area contributed by atoms with E-state index in [2.05, 4.69) is 25.7 Å². The molecule has 1 aliphatic rings. The average Bonchev–Trinajstić information content (AvgIpc) is 2.31. The molecule has 2 heteroatoms. The van der Waals surface area contributed by atoms with Crippen LogP contribution in [0.15, 0.2) is 0 Å². The largest absolute Gasteiger partial charge is 0.327 e. The zero-order valence-electron chi connectivity index (χ0n) is 8.64.